The van der Waals surface area contributed by atoms with Crippen molar-refractivity contribution < 1.29 is 44.5 Å². The zero-order valence-electron chi connectivity index (χ0n) is 10.9. The van der Waals surface area contributed by atoms with E-state index in [0.717, 1.165) is 0 Å². The molecule has 2 rings (SSSR count). The Hall–Kier alpha value is -0.360. The van der Waals surface area contributed by atoms with Crippen LogP contribution < -0.4 is 0 Å². The summed E-state index contributed by atoms with van der Waals surface area (Å²) in [5, 5.41) is 47.4. The lowest BCUT2D eigenvalue weighted by atomic mass is 10.1. The van der Waals surface area contributed by atoms with Crippen LogP contribution in [0.1, 0.15) is 0 Å². The molecule has 0 radical (unpaired) electrons. The van der Waals surface area contributed by atoms with Crippen molar-refractivity contribution in [3.63, 3.8) is 0 Å². The molecule has 5 N–H and O–H groups in total. The predicted octanol–water partition coefficient (Wildman–Crippen LogP) is -3.46. The van der Waals surface area contributed by atoms with Crippen molar-refractivity contribution in [1.29, 1.82) is 0 Å². The third-order valence-corrected chi connectivity index (χ3v) is 3.50. The molecule has 0 aromatic rings. The first-order chi connectivity index (χ1) is 9.53. The summed E-state index contributed by atoms with van der Waals surface area (Å²) >= 11 is 0. The summed E-state index contributed by atoms with van der Waals surface area (Å²) in [5.41, 5.74) is 0. The first-order valence-corrected chi connectivity index (χ1v) is 6.28. The van der Waals surface area contributed by atoms with Crippen molar-refractivity contribution in [1.82, 2.24) is 0 Å². The third-order valence-electron chi connectivity index (χ3n) is 3.50. The Labute approximate surface area is 115 Å². The second-order valence-corrected chi connectivity index (χ2v) is 4.76. The van der Waals surface area contributed by atoms with E-state index in [1.165, 1.54) is 7.11 Å². The molecule has 0 amide bonds. The topological polar surface area (TPSA) is 138 Å². The maximum absolute atomic E-state index is 9.95. The SMILES string of the molecule is CO[C@H]1O[C@H](CO)[C@@H](O)[C@@H]1O[C@@H]1O[C@H](CO)[C@@H](O)[C@@H]1O. The maximum Gasteiger partial charge on any atom is 0.187 e. The largest absolute Gasteiger partial charge is 0.394 e. The van der Waals surface area contributed by atoms with Crippen LogP contribution in [0.4, 0.5) is 0 Å². The van der Waals surface area contributed by atoms with E-state index in [2.05, 4.69) is 0 Å². The molecule has 20 heavy (non-hydrogen) atoms. The molecule has 118 valence electrons. The van der Waals surface area contributed by atoms with Gasteiger partial charge in [-0.05, 0) is 0 Å². The van der Waals surface area contributed by atoms with Gasteiger partial charge in [0.15, 0.2) is 12.6 Å². The maximum atomic E-state index is 9.95. The zero-order valence-corrected chi connectivity index (χ0v) is 10.9. The molecule has 2 aliphatic heterocycles. The van der Waals surface area contributed by atoms with Crippen LogP contribution in [0.25, 0.3) is 0 Å². The normalized spacial score (nSPS) is 48.9. The summed E-state index contributed by atoms with van der Waals surface area (Å²) < 4.78 is 20.7. The van der Waals surface area contributed by atoms with Crippen LogP contribution in [0, 0.1) is 0 Å². The monoisotopic (exact) mass is 296 g/mol. The van der Waals surface area contributed by atoms with Gasteiger partial charge >= 0.3 is 0 Å². The summed E-state index contributed by atoms with van der Waals surface area (Å²) in [5.74, 6) is 0. The Kier molecular flexibility index (Phi) is 5.29. The van der Waals surface area contributed by atoms with Gasteiger partial charge in [0.25, 0.3) is 0 Å². The molecular weight excluding hydrogens is 276 g/mol. The molecule has 2 saturated heterocycles. The van der Waals surface area contributed by atoms with Crippen LogP contribution >= 0.6 is 0 Å². The Balaban J connectivity index is 2.01. The number of rotatable bonds is 5. The molecule has 0 bridgehead atoms. The fraction of sp³-hybridized carbons (Fsp3) is 1.00. The van der Waals surface area contributed by atoms with Gasteiger partial charge in [0.1, 0.15) is 36.6 Å². The number of hydrogen-bond donors (Lipinski definition) is 5. The van der Waals surface area contributed by atoms with Crippen molar-refractivity contribution in [2.24, 2.45) is 0 Å². The molecule has 0 aromatic carbocycles. The van der Waals surface area contributed by atoms with E-state index >= 15 is 0 Å². The average Bonchev–Trinajstić information content (AvgIpc) is 2.91. The van der Waals surface area contributed by atoms with E-state index < -0.39 is 62.4 Å². The highest BCUT2D eigenvalue weighted by Crippen LogP contribution is 2.30. The van der Waals surface area contributed by atoms with Gasteiger partial charge < -0.3 is 44.5 Å². The lowest BCUT2D eigenvalue weighted by Crippen LogP contribution is -2.43. The van der Waals surface area contributed by atoms with Crippen LogP contribution in [0.5, 0.6) is 0 Å². The Morgan fingerprint density at radius 2 is 1.40 bits per heavy atom. The highest BCUT2D eigenvalue weighted by Gasteiger charge is 2.50. The number of hydrogen-bond acceptors (Lipinski definition) is 9. The van der Waals surface area contributed by atoms with Crippen molar-refractivity contribution in [3.8, 4) is 0 Å². The van der Waals surface area contributed by atoms with Crippen LogP contribution in [0.15, 0.2) is 0 Å². The summed E-state index contributed by atoms with van der Waals surface area (Å²) in [6, 6.07) is 0. The van der Waals surface area contributed by atoms with Gasteiger partial charge in [-0.25, -0.2) is 0 Å². The summed E-state index contributed by atoms with van der Waals surface area (Å²) in [4.78, 5) is 0. The molecule has 8 atom stereocenters. The molecule has 0 saturated carbocycles. The smallest absolute Gasteiger partial charge is 0.187 e. The van der Waals surface area contributed by atoms with Crippen LogP contribution in [-0.2, 0) is 18.9 Å². The van der Waals surface area contributed by atoms with E-state index in [9.17, 15) is 15.3 Å². The van der Waals surface area contributed by atoms with E-state index in [4.69, 9.17) is 29.2 Å². The van der Waals surface area contributed by atoms with E-state index in [1.807, 2.05) is 0 Å². The Bertz CT molecular complexity index is 312. The predicted molar refractivity (Wildman–Crippen MR) is 61.4 cm³/mol. The lowest BCUT2D eigenvalue weighted by Gasteiger charge is -2.25. The van der Waals surface area contributed by atoms with Crippen LogP contribution in [0.3, 0.4) is 0 Å². The quantitative estimate of drug-likeness (QED) is 0.350. The van der Waals surface area contributed by atoms with Crippen molar-refractivity contribution in [2.75, 3.05) is 20.3 Å². The molecule has 9 nitrogen and oxygen atoms in total. The first kappa shape index (κ1) is 16.0. The molecule has 0 unspecified atom stereocenters. The third kappa shape index (κ3) is 2.82. The van der Waals surface area contributed by atoms with Gasteiger partial charge in [0, 0.05) is 7.11 Å². The van der Waals surface area contributed by atoms with Crippen LogP contribution in [0.2, 0.25) is 0 Å². The standard InChI is InChI=1S/C11H20O9/c1-17-11-9(7(15)5(3-13)19-11)20-10-8(16)6(14)4(2-12)18-10/h4-16H,2-3H2,1H3/t4-,5-,6-,7-,8+,9+,10+,11+/m1/s1. The summed E-state index contributed by atoms with van der Waals surface area (Å²) in [6.07, 6.45) is -8.86. The molecule has 0 aliphatic carbocycles. The van der Waals surface area contributed by atoms with Crippen molar-refractivity contribution in [2.45, 2.75) is 49.2 Å². The molecule has 9 heteroatoms. The molecule has 2 heterocycles. The number of aliphatic hydroxyl groups is 5. The van der Waals surface area contributed by atoms with Gasteiger partial charge in [-0.3, -0.25) is 0 Å². The fourth-order valence-electron chi connectivity index (χ4n) is 2.32. The van der Waals surface area contributed by atoms with Gasteiger partial charge in [-0.2, -0.15) is 0 Å². The number of ether oxygens (including phenoxy) is 4. The summed E-state index contributed by atoms with van der Waals surface area (Å²) in [7, 11) is 1.34. The van der Waals surface area contributed by atoms with E-state index in [0.29, 0.717) is 0 Å². The first-order valence-electron chi connectivity index (χ1n) is 6.28. The molecule has 2 aliphatic rings. The minimum Gasteiger partial charge on any atom is -0.394 e. The van der Waals surface area contributed by atoms with Crippen molar-refractivity contribution >= 4 is 0 Å². The minimum atomic E-state index is -1.37. The van der Waals surface area contributed by atoms with Crippen molar-refractivity contribution in [3.05, 3.63) is 0 Å². The van der Waals surface area contributed by atoms with E-state index in [-0.39, 0.29) is 0 Å². The minimum absolute atomic E-state index is 0.420. The fourth-order valence-corrected chi connectivity index (χ4v) is 2.32. The molecule has 2 fully saturated rings. The second kappa shape index (κ2) is 6.60. The number of methoxy groups -OCH3 is 1. The average molecular weight is 296 g/mol. The molecule has 0 spiro atoms. The molecule has 0 aromatic heterocycles. The Morgan fingerprint density at radius 3 is 1.90 bits per heavy atom. The summed E-state index contributed by atoms with van der Waals surface area (Å²) in [6.45, 7) is -0.897. The lowest BCUT2D eigenvalue weighted by molar-refractivity contribution is -0.241. The van der Waals surface area contributed by atoms with Gasteiger partial charge in [0.05, 0.1) is 13.2 Å². The number of aliphatic hydroxyl groups excluding tert-OH is 5. The second-order valence-electron chi connectivity index (χ2n) is 4.76. The van der Waals surface area contributed by atoms with Gasteiger partial charge in [0.2, 0.25) is 0 Å². The van der Waals surface area contributed by atoms with E-state index in [1.54, 1.807) is 0 Å². The Morgan fingerprint density at radius 1 is 0.850 bits per heavy atom. The van der Waals surface area contributed by atoms with Gasteiger partial charge in [-0.1, -0.05) is 0 Å². The highest BCUT2D eigenvalue weighted by molar-refractivity contribution is 4.91. The molecular formula is C11H20O9. The van der Waals surface area contributed by atoms with Gasteiger partial charge in [-0.15, -0.1) is 0 Å². The highest BCUT2D eigenvalue weighted by atomic mass is 16.8. The zero-order chi connectivity index (χ0) is 14.9. The van der Waals surface area contributed by atoms with Crippen LogP contribution in [-0.4, -0.2) is 95.1 Å².